The molecule has 8 nitrogen and oxygen atoms in total. The number of hydrogen-bond acceptors (Lipinski definition) is 6. The third kappa shape index (κ3) is 4.08. The van der Waals surface area contributed by atoms with Gasteiger partial charge in [-0.1, -0.05) is 12.1 Å². The Kier molecular flexibility index (Phi) is 6.11. The zero-order valence-electron chi connectivity index (χ0n) is 17.2. The predicted molar refractivity (Wildman–Crippen MR) is 112 cm³/mol. The number of benzene rings is 1. The molecule has 0 saturated carbocycles. The fourth-order valence-electron chi connectivity index (χ4n) is 4.14. The number of hydrogen-bond donors (Lipinski definition) is 0. The number of nitrogens with zero attached hydrogens (tertiary/aromatic N) is 5. The van der Waals surface area contributed by atoms with Gasteiger partial charge in [0.15, 0.2) is 0 Å². The number of aromatic nitrogens is 2. The van der Waals surface area contributed by atoms with E-state index in [9.17, 15) is 9.59 Å². The standard InChI is InChI=1S/C22H27N5O3/c1-2-30-19-9-4-3-7-17(19)20(28)27-12-5-8-18(27)21(29)25-13-15-26(16-14-25)22-23-10-6-11-24-22/h3-4,6-7,9-11,18H,2,5,8,12-16H2,1H3/t18-/m0/s1. The molecular weight excluding hydrogens is 382 g/mol. The first-order chi connectivity index (χ1) is 14.7. The molecule has 2 aliphatic rings. The fourth-order valence-corrected chi connectivity index (χ4v) is 4.14. The zero-order chi connectivity index (χ0) is 20.9. The smallest absolute Gasteiger partial charge is 0.258 e. The average Bonchev–Trinajstić information content (AvgIpc) is 3.29. The molecule has 2 amide bonds. The van der Waals surface area contributed by atoms with E-state index < -0.39 is 6.04 Å². The molecule has 8 heteroatoms. The van der Waals surface area contributed by atoms with E-state index in [-0.39, 0.29) is 11.8 Å². The van der Waals surface area contributed by atoms with Gasteiger partial charge in [-0.3, -0.25) is 9.59 Å². The Bertz CT molecular complexity index is 883. The number of piperazine rings is 1. The van der Waals surface area contributed by atoms with Gasteiger partial charge < -0.3 is 19.4 Å². The summed E-state index contributed by atoms with van der Waals surface area (Å²) in [6.07, 6.45) is 4.98. The highest BCUT2D eigenvalue weighted by Gasteiger charge is 2.38. The van der Waals surface area contributed by atoms with Crippen LogP contribution in [0.4, 0.5) is 5.95 Å². The second kappa shape index (κ2) is 9.11. The number of carbonyl (C=O) groups is 2. The second-order valence-corrected chi connectivity index (χ2v) is 7.45. The van der Waals surface area contributed by atoms with Crippen LogP contribution in [0.5, 0.6) is 5.75 Å². The number of anilines is 1. The molecule has 1 atom stereocenters. The van der Waals surface area contributed by atoms with Crippen molar-refractivity contribution in [1.29, 1.82) is 0 Å². The molecule has 0 bridgehead atoms. The van der Waals surface area contributed by atoms with Crippen LogP contribution in [-0.4, -0.2) is 77.0 Å². The molecule has 30 heavy (non-hydrogen) atoms. The molecule has 4 rings (SSSR count). The largest absolute Gasteiger partial charge is 0.493 e. The minimum absolute atomic E-state index is 0.0309. The molecule has 1 aromatic carbocycles. The summed E-state index contributed by atoms with van der Waals surface area (Å²) >= 11 is 0. The van der Waals surface area contributed by atoms with Gasteiger partial charge in [0.05, 0.1) is 12.2 Å². The molecule has 3 heterocycles. The van der Waals surface area contributed by atoms with Gasteiger partial charge in [-0.25, -0.2) is 9.97 Å². The van der Waals surface area contributed by atoms with Crippen molar-refractivity contribution in [2.24, 2.45) is 0 Å². The molecule has 0 N–H and O–H groups in total. The maximum atomic E-state index is 13.3. The number of likely N-dealkylation sites (tertiary alicyclic amines) is 1. The summed E-state index contributed by atoms with van der Waals surface area (Å²) in [7, 11) is 0. The highest BCUT2D eigenvalue weighted by atomic mass is 16.5. The summed E-state index contributed by atoms with van der Waals surface area (Å²) < 4.78 is 5.62. The zero-order valence-corrected chi connectivity index (χ0v) is 17.2. The minimum atomic E-state index is -0.410. The molecule has 0 spiro atoms. The number of rotatable bonds is 5. The SMILES string of the molecule is CCOc1ccccc1C(=O)N1CCC[C@H]1C(=O)N1CCN(c2ncccn2)CC1. The van der Waals surface area contributed by atoms with Crippen molar-refractivity contribution in [3.8, 4) is 5.75 Å². The van der Waals surface area contributed by atoms with E-state index in [1.807, 2.05) is 24.0 Å². The van der Waals surface area contributed by atoms with Crippen LogP contribution in [0.3, 0.4) is 0 Å². The van der Waals surface area contributed by atoms with Crippen molar-refractivity contribution in [2.45, 2.75) is 25.8 Å². The second-order valence-electron chi connectivity index (χ2n) is 7.45. The molecule has 1 aromatic heterocycles. The Hall–Kier alpha value is -3.16. The fraction of sp³-hybridized carbons (Fsp3) is 0.455. The Labute approximate surface area is 176 Å². The van der Waals surface area contributed by atoms with E-state index in [1.165, 1.54) is 0 Å². The van der Waals surface area contributed by atoms with Crippen LogP contribution in [0.15, 0.2) is 42.7 Å². The lowest BCUT2D eigenvalue weighted by molar-refractivity contribution is -0.135. The monoisotopic (exact) mass is 409 g/mol. The first-order valence-corrected chi connectivity index (χ1v) is 10.5. The lowest BCUT2D eigenvalue weighted by atomic mass is 10.1. The van der Waals surface area contributed by atoms with Crippen LogP contribution >= 0.6 is 0 Å². The van der Waals surface area contributed by atoms with Crippen molar-refractivity contribution in [3.63, 3.8) is 0 Å². The number of ether oxygens (including phenoxy) is 1. The summed E-state index contributed by atoms with van der Waals surface area (Å²) in [5.41, 5.74) is 0.519. The van der Waals surface area contributed by atoms with Gasteiger partial charge in [-0.15, -0.1) is 0 Å². The summed E-state index contributed by atoms with van der Waals surface area (Å²) in [5, 5.41) is 0. The Morgan fingerprint density at radius 1 is 1.03 bits per heavy atom. The van der Waals surface area contributed by atoms with Gasteiger partial charge >= 0.3 is 0 Å². The van der Waals surface area contributed by atoms with Gasteiger partial charge in [-0.2, -0.15) is 0 Å². The molecule has 2 fully saturated rings. The Balaban J connectivity index is 1.42. The van der Waals surface area contributed by atoms with E-state index in [1.54, 1.807) is 35.5 Å². The maximum absolute atomic E-state index is 13.3. The molecule has 158 valence electrons. The van der Waals surface area contributed by atoms with Crippen molar-refractivity contribution in [3.05, 3.63) is 48.3 Å². The molecule has 2 aliphatic heterocycles. The summed E-state index contributed by atoms with van der Waals surface area (Å²) in [5.74, 6) is 1.16. The van der Waals surface area contributed by atoms with Gasteiger partial charge in [0.25, 0.3) is 5.91 Å². The van der Waals surface area contributed by atoms with Crippen LogP contribution < -0.4 is 9.64 Å². The molecule has 2 aromatic rings. The van der Waals surface area contributed by atoms with Crippen LogP contribution in [-0.2, 0) is 4.79 Å². The molecule has 0 unspecified atom stereocenters. The van der Waals surface area contributed by atoms with Gasteiger partial charge in [0.1, 0.15) is 11.8 Å². The quantitative estimate of drug-likeness (QED) is 0.750. The molecule has 0 radical (unpaired) electrons. The van der Waals surface area contributed by atoms with Gasteiger partial charge in [-0.05, 0) is 38.0 Å². The molecular formula is C22H27N5O3. The third-order valence-corrected chi connectivity index (χ3v) is 5.64. The number of carbonyl (C=O) groups excluding carboxylic acids is 2. The first-order valence-electron chi connectivity index (χ1n) is 10.5. The van der Waals surface area contributed by atoms with Crippen molar-refractivity contribution in [2.75, 3.05) is 44.2 Å². The van der Waals surface area contributed by atoms with Crippen molar-refractivity contribution < 1.29 is 14.3 Å². The number of amides is 2. The minimum Gasteiger partial charge on any atom is -0.493 e. The first kappa shape index (κ1) is 20.1. The van der Waals surface area contributed by atoms with Crippen LogP contribution in [0, 0.1) is 0 Å². The van der Waals surface area contributed by atoms with Gasteiger partial charge in [0, 0.05) is 45.1 Å². The Morgan fingerprint density at radius 3 is 2.50 bits per heavy atom. The highest BCUT2D eigenvalue weighted by Crippen LogP contribution is 2.26. The van der Waals surface area contributed by atoms with Crippen LogP contribution in [0.1, 0.15) is 30.1 Å². The summed E-state index contributed by atoms with van der Waals surface area (Å²) in [4.78, 5) is 40.7. The number of para-hydroxylation sites is 1. The normalized spacial score (nSPS) is 19.1. The topological polar surface area (TPSA) is 78.9 Å². The lowest BCUT2D eigenvalue weighted by Crippen LogP contribution is -2.54. The van der Waals surface area contributed by atoms with E-state index in [4.69, 9.17) is 4.74 Å². The van der Waals surface area contributed by atoms with Crippen LogP contribution in [0.2, 0.25) is 0 Å². The maximum Gasteiger partial charge on any atom is 0.258 e. The van der Waals surface area contributed by atoms with Gasteiger partial charge in [0.2, 0.25) is 11.9 Å². The predicted octanol–water partition coefficient (Wildman–Crippen LogP) is 1.83. The van der Waals surface area contributed by atoms with Crippen molar-refractivity contribution in [1.82, 2.24) is 19.8 Å². The highest BCUT2D eigenvalue weighted by molar-refractivity contribution is 6.00. The molecule has 0 aliphatic carbocycles. The van der Waals surface area contributed by atoms with Crippen molar-refractivity contribution >= 4 is 17.8 Å². The van der Waals surface area contributed by atoms with E-state index in [2.05, 4.69) is 14.9 Å². The van der Waals surface area contributed by atoms with Crippen LogP contribution in [0.25, 0.3) is 0 Å². The average molecular weight is 409 g/mol. The third-order valence-electron chi connectivity index (χ3n) is 5.64. The summed E-state index contributed by atoms with van der Waals surface area (Å²) in [6.45, 7) is 5.54. The van der Waals surface area contributed by atoms with E-state index >= 15 is 0 Å². The summed E-state index contributed by atoms with van der Waals surface area (Å²) in [6, 6.07) is 8.63. The van der Waals surface area contributed by atoms with E-state index in [0.717, 1.165) is 6.42 Å². The van der Waals surface area contributed by atoms with E-state index in [0.29, 0.717) is 63.0 Å². The molecule has 2 saturated heterocycles. The lowest BCUT2D eigenvalue weighted by Gasteiger charge is -2.37. The Morgan fingerprint density at radius 2 is 1.77 bits per heavy atom.